The van der Waals surface area contributed by atoms with Gasteiger partial charge in [-0.15, -0.1) is 0 Å². The van der Waals surface area contributed by atoms with Gasteiger partial charge in [-0.1, -0.05) is 18.2 Å². The van der Waals surface area contributed by atoms with Crippen molar-refractivity contribution in [3.8, 4) is 5.75 Å². The lowest BCUT2D eigenvalue weighted by atomic mass is 10.2. The van der Waals surface area contributed by atoms with Crippen molar-refractivity contribution >= 4 is 33.3 Å². The van der Waals surface area contributed by atoms with Gasteiger partial charge in [-0.05, 0) is 64.3 Å². The fraction of sp³-hybridized carbons (Fsp3) is 0.130. The number of nitro groups is 1. The van der Waals surface area contributed by atoms with Crippen molar-refractivity contribution in [1.82, 2.24) is 9.78 Å². The molecule has 2 aromatic carbocycles. The predicted octanol–water partition coefficient (Wildman–Crippen LogP) is 5.47. The van der Waals surface area contributed by atoms with Crippen LogP contribution in [0.5, 0.6) is 5.75 Å². The van der Waals surface area contributed by atoms with Crippen molar-refractivity contribution in [3.05, 3.63) is 104 Å². The second-order valence-electron chi connectivity index (χ2n) is 7.39. The molecule has 0 spiro atoms. The maximum Gasteiger partial charge on any atom is 0.311 e. The van der Waals surface area contributed by atoms with Crippen LogP contribution in [0.3, 0.4) is 0 Å². The third kappa shape index (κ3) is 5.49. The van der Waals surface area contributed by atoms with Crippen molar-refractivity contribution in [2.45, 2.75) is 20.1 Å². The van der Waals surface area contributed by atoms with E-state index in [1.807, 2.05) is 0 Å². The number of furan rings is 1. The predicted molar refractivity (Wildman–Crippen MR) is 124 cm³/mol. The zero-order valence-electron chi connectivity index (χ0n) is 17.8. The molecule has 2 aromatic heterocycles. The quantitative estimate of drug-likeness (QED) is 0.239. The molecule has 1 N–H and O–H groups in total. The summed E-state index contributed by atoms with van der Waals surface area (Å²) >= 11 is 3.36. The molecule has 0 saturated heterocycles. The second-order valence-corrected chi connectivity index (χ2v) is 8.24. The van der Waals surface area contributed by atoms with Crippen LogP contribution in [-0.2, 0) is 13.2 Å². The molecule has 0 aliphatic carbocycles. The Hall–Kier alpha value is -3.99. The fourth-order valence-electron chi connectivity index (χ4n) is 3.13. The second kappa shape index (κ2) is 9.87. The number of anilines is 1. The molecule has 0 unspecified atom stereocenters. The molecular weight excluding hydrogens is 511 g/mol. The number of carbonyl (C=O) groups excluding carboxylic acids is 1. The first kappa shape index (κ1) is 23.2. The highest BCUT2D eigenvalue weighted by Gasteiger charge is 2.18. The lowest BCUT2D eigenvalue weighted by Crippen LogP contribution is -2.12. The summed E-state index contributed by atoms with van der Waals surface area (Å²) in [6, 6.07) is 13.7. The van der Waals surface area contributed by atoms with E-state index in [-0.39, 0.29) is 35.4 Å². The summed E-state index contributed by atoms with van der Waals surface area (Å²) in [5, 5.41) is 18.2. The van der Waals surface area contributed by atoms with E-state index in [1.165, 1.54) is 30.3 Å². The van der Waals surface area contributed by atoms with Gasteiger partial charge in [0.15, 0.2) is 17.3 Å². The number of nitrogens with zero attached hydrogens (tertiary/aromatic N) is 3. The molecule has 0 atom stereocenters. The number of nitrogens with one attached hydrogen (secondary N) is 1. The van der Waals surface area contributed by atoms with Crippen LogP contribution in [0.25, 0.3) is 0 Å². The molecular formula is C23H18BrFN4O5. The maximum absolute atomic E-state index is 13.1. The maximum atomic E-state index is 13.1. The number of rotatable bonds is 8. The van der Waals surface area contributed by atoms with Crippen LogP contribution in [0.1, 0.15) is 27.4 Å². The molecule has 0 bridgehead atoms. The molecule has 0 aliphatic rings. The molecule has 9 nitrogen and oxygen atoms in total. The Morgan fingerprint density at radius 1 is 1.24 bits per heavy atom. The summed E-state index contributed by atoms with van der Waals surface area (Å²) in [6.45, 7) is 2.05. The lowest BCUT2D eigenvalue weighted by molar-refractivity contribution is -0.386. The Morgan fingerprint density at radius 3 is 2.74 bits per heavy atom. The van der Waals surface area contributed by atoms with E-state index in [0.717, 1.165) is 11.1 Å². The first-order valence-corrected chi connectivity index (χ1v) is 10.8. The summed E-state index contributed by atoms with van der Waals surface area (Å²) in [5.74, 6) is -0.109. The van der Waals surface area contributed by atoms with Crippen molar-refractivity contribution in [3.63, 3.8) is 0 Å². The Bertz CT molecular complexity index is 1350. The van der Waals surface area contributed by atoms with Crippen molar-refractivity contribution in [2.75, 3.05) is 5.32 Å². The van der Waals surface area contributed by atoms with Gasteiger partial charge >= 0.3 is 5.69 Å². The normalized spacial score (nSPS) is 10.8. The van der Waals surface area contributed by atoms with Crippen LogP contribution in [-0.4, -0.2) is 20.6 Å². The minimum Gasteiger partial charge on any atom is -0.479 e. The summed E-state index contributed by atoms with van der Waals surface area (Å²) in [7, 11) is 0. The lowest BCUT2D eigenvalue weighted by Gasteiger charge is -2.06. The zero-order valence-corrected chi connectivity index (χ0v) is 19.4. The van der Waals surface area contributed by atoms with Crippen LogP contribution in [0.4, 0.5) is 15.9 Å². The summed E-state index contributed by atoms with van der Waals surface area (Å²) in [5.41, 5.74) is 1.44. The number of amides is 1. The number of aryl methyl sites for hydroxylation is 1. The van der Waals surface area contributed by atoms with Crippen LogP contribution < -0.4 is 10.1 Å². The average molecular weight is 529 g/mol. The zero-order chi connectivity index (χ0) is 24.2. The Morgan fingerprint density at radius 2 is 2.00 bits per heavy atom. The fourth-order valence-corrected chi connectivity index (χ4v) is 3.54. The highest BCUT2D eigenvalue weighted by Crippen LogP contribution is 2.29. The molecule has 11 heteroatoms. The standard InChI is InChI=1S/C23H18BrFN4O5/c1-14-2-8-20(19(10-14)29(31)32)33-13-17-7-9-21(34-17)23(30)26-22-18(24)12-28(27-22)11-15-3-5-16(25)6-4-15/h2-10,12H,11,13H2,1H3,(H,26,27,30). The Balaban J connectivity index is 1.39. The number of nitro benzene ring substituents is 1. The molecule has 0 saturated carbocycles. The topological polar surface area (TPSA) is 112 Å². The molecule has 0 radical (unpaired) electrons. The largest absolute Gasteiger partial charge is 0.479 e. The number of halogens is 2. The third-order valence-electron chi connectivity index (χ3n) is 4.77. The SMILES string of the molecule is Cc1ccc(OCc2ccc(C(=O)Nc3nn(Cc4ccc(F)cc4)cc3Br)o2)c([N+](=O)[O-])c1. The van der Waals surface area contributed by atoms with E-state index in [9.17, 15) is 19.3 Å². The minimum atomic E-state index is -0.528. The van der Waals surface area contributed by atoms with Gasteiger partial charge < -0.3 is 14.5 Å². The third-order valence-corrected chi connectivity index (χ3v) is 5.35. The molecule has 34 heavy (non-hydrogen) atoms. The number of aromatic nitrogens is 2. The van der Waals surface area contributed by atoms with Crippen LogP contribution in [0, 0.1) is 22.9 Å². The van der Waals surface area contributed by atoms with Gasteiger partial charge in [0.05, 0.1) is 15.9 Å². The Labute approximate surface area is 201 Å². The van der Waals surface area contributed by atoms with E-state index in [0.29, 0.717) is 16.8 Å². The first-order valence-electron chi connectivity index (χ1n) is 10.0. The molecule has 0 aliphatic heterocycles. The molecule has 4 rings (SSSR count). The average Bonchev–Trinajstić information content (AvgIpc) is 3.41. The van der Waals surface area contributed by atoms with Crippen molar-refractivity contribution in [1.29, 1.82) is 0 Å². The van der Waals surface area contributed by atoms with E-state index in [4.69, 9.17) is 9.15 Å². The van der Waals surface area contributed by atoms with Gasteiger partial charge in [0.2, 0.25) is 0 Å². The molecule has 174 valence electrons. The van der Waals surface area contributed by atoms with Gasteiger partial charge in [-0.25, -0.2) is 4.39 Å². The van der Waals surface area contributed by atoms with Gasteiger partial charge in [-0.3, -0.25) is 19.6 Å². The first-order chi connectivity index (χ1) is 16.3. The summed E-state index contributed by atoms with van der Waals surface area (Å²) in [6.07, 6.45) is 1.69. The summed E-state index contributed by atoms with van der Waals surface area (Å²) < 4.78 is 26.3. The van der Waals surface area contributed by atoms with Gasteiger partial charge in [-0.2, -0.15) is 5.10 Å². The van der Waals surface area contributed by atoms with Crippen LogP contribution >= 0.6 is 15.9 Å². The van der Waals surface area contributed by atoms with E-state index in [1.54, 1.807) is 42.1 Å². The minimum absolute atomic E-state index is 0.0250. The van der Waals surface area contributed by atoms with Crippen LogP contribution in [0.15, 0.2) is 69.7 Å². The molecule has 4 aromatic rings. The van der Waals surface area contributed by atoms with Crippen LogP contribution in [0.2, 0.25) is 0 Å². The monoisotopic (exact) mass is 528 g/mol. The smallest absolute Gasteiger partial charge is 0.311 e. The summed E-state index contributed by atoms with van der Waals surface area (Å²) in [4.78, 5) is 23.3. The van der Waals surface area contributed by atoms with Gasteiger partial charge in [0.25, 0.3) is 5.91 Å². The van der Waals surface area contributed by atoms with E-state index in [2.05, 4.69) is 26.3 Å². The van der Waals surface area contributed by atoms with Crippen molar-refractivity contribution < 1.29 is 23.3 Å². The number of benzene rings is 2. The molecule has 1 amide bonds. The van der Waals surface area contributed by atoms with Gasteiger partial charge in [0.1, 0.15) is 18.2 Å². The van der Waals surface area contributed by atoms with E-state index >= 15 is 0 Å². The number of hydrogen-bond donors (Lipinski definition) is 1. The highest BCUT2D eigenvalue weighted by molar-refractivity contribution is 9.10. The number of carbonyl (C=O) groups is 1. The van der Waals surface area contributed by atoms with E-state index < -0.39 is 10.8 Å². The molecule has 2 heterocycles. The molecule has 0 fully saturated rings. The Kier molecular flexibility index (Phi) is 6.73. The number of hydrogen-bond acceptors (Lipinski definition) is 6. The van der Waals surface area contributed by atoms with Gasteiger partial charge in [0, 0.05) is 12.3 Å². The van der Waals surface area contributed by atoms with Crippen molar-refractivity contribution in [2.24, 2.45) is 0 Å². The highest BCUT2D eigenvalue weighted by atomic mass is 79.9. The number of ether oxygens (including phenoxy) is 1.